The predicted molar refractivity (Wildman–Crippen MR) is 89.0 cm³/mol. The van der Waals surface area contributed by atoms with E-state index in [1.807, 2.05) is 12.1 Å². The van der Waals surface area contributed by atoms with Gasteiger partial charge in [0.05, 0.1) is 13.2 Å². The number of carbonyl (C=O) groups is 1. The first-order valence-electron chi connectivity index (χ1n) is 7.39. The fourth-order valence-corrected chi connectivity index (χ4v) is 2.89. The number of benzene rings is 1. The Labute approximate surface area is 133 Å². The molecule has 0 bridgehead atoms. The van der Waals surface area contributed by atoms with Crippen LogP contribution in [0.15, 0.2) is 29.1 Å². The minimum absolute atomic E-state index is 0.189. The smallest absolute Gasteiger partial charge is 0.348 e. The van der Waals surface area contributed by atoms with Gasteiger partial charge in [-0.1, -0.05) is 13.8 Å². The van der Waals surface area contributed by atoms with Gasteiger partial charge in [-0.3, -0.25) is 4.79 Å². The molecule has 4 nitrogen and oxygen atoms in total. The van der Waals surface area contributed by atoms with Crippen LogP contribution in [0.1, 0.15) is 36.9 Å². The molecule has 0 unspecified atom stereocenters. The Morgan fingerprint density at radius 1 is 1.27 bits per heavy atom. The number of fused-ring (bicyclic) bond motifs is 1. The van der Waals surface area contributed by atoms with E-state index >= 15 is 0 Å². The number of rotatable bonds is 6. The highest BCUT2D eigenvalue weighted by Crippen LogP contribution is 2.24. The lowest BCUT2D eigenvalue weighted by molar-refractivity contribution is 0.0532. The summed E-state index contributed by atoms with van der Waals surface area (Å²) in [4.78, 5) is 24.2. The Morgan fingerprint density at radius 2 is 2.05 bits per heavy atom. The maximum Gasteiger partial charge on any atom is 0.348 e. The van der Waals surface area contributed by atoms with E-state index in [0.29, 0.717) is 35.1 Å². The average Bonchev–Trinajstić information content (AvgIpc) is 2.47. The van der Waals surface area contributed by atoms with Gasteiger partial charge in [-0.05, 0) is 37.5 Å². The van der Waals surface area contributed by atoms with Crippen molar-refractivity contribution in [1.29, 1.82) is 0 Å². The van der Waals surface area contributed by atoms with Gasteiger partial charge in [0, 0.05) is 16.2 Å². The molecule has 2 rings (SSSR count). The molecule has 1 aromatic heterocycles. The Kier molecular flexibility index (Phi) is 5.55. The number of ether oxygens (including phenoxy) is 2. The van der Waals surface area contributed by atoms with Crippen LogP contribution in [0.3, 0.4) is 0 Å². The van der Waals surface area contributed by atoms with Crippen LogP contribution in [0.2, 0.25) is 0 Å². The third-order valence-corrected chi connectivity index (χ3v) is 4.22. The molecule has 0 N–H and O–H groups in total. The van der Waals surface area contributed by atoms with Crippen LogP contribution >= 0.6 is 11.3 Å². The van der Waals surface area contributed by atoms with Crippen molar-refractivity contribution in [2.45, 2.75) is 27.2 Å². The SMILES string of the molecule is CCOC(=O)c1cc(=O)c2cc(OCCC(C)C)ccc2s1. The van der Waals surface area contributed by atoms with E-state index in [1.165, 1.54) is 17.4 Å². The van der Waals surface area contributed by atoms with E-state index in [4.69, 9.17) is 9.47 Å². The topological polar surface area (TPSA) is 52.6 Å². The highest BCUT2D eigenvalue weighted by Gasteiger charge is 2.12. The van der Waals surface area contributed by atoms with Crippen LogP contribution in [0.4, 0.5) is 0 Å². The summed E-state index contributed by atoms with van der Waals surface area (Å²) >= 11 is 1.26. The van der Waals surface area contributed by atoms with Gasteiger partial charge in [-0.2, -0.15) is 0 Å². The molecule has 118 valence electrons. The fraction of sp³-hybridized carbons (Fsp3) is 0.412. The van der Waals surface area contributed by atoms with Gasteiger partial charge < -0.3 is 9.47 Å². The van der Waals surface area contributed by atoms with Gasteiger partial charge in [0.15, 0.2) is 5.43 Å². The third-order valence-electron chi connectivity index (χ3n) is 3.14. The van der Waals surface area contributed by atoms with Crippen molar-refractivity contribution in [3.63, 3.8) is 0 Å². The highest BCUT2D eigenvalue weighted by atomic mass is 32.1. The second kappa shape index (κ2) is 7.40. The second-order valence-electron chi connectivity index (χ2n) is 5.38. The molecular formula is C17H20O4S. The minimum Gasteiger partial charge on any atom is -0.494 e. The van der Waals surface area contributed by atoms with Crippen molar-refractivity contribution in [2.24, 2.45) is 5.92 Å². The first-order valence-corrected chi connectivity index (χ1v) is 8.20. The van der Waals surface area contributed by atoms with Crippen LogP contribution in [0, 0.1) is 5.92 Å². The maximum atomic E-state index is 12.2. The van der Waals surface area contributed by atoms with Crippen LogP contribution < -0.4 is 10.2 Å². The maximum absolute atomic E-state index is 12.2. The number of hydrogen-bond acceptors (Lipinski definition) is 5. The zero-order valence-corrected chi connectivity index (χ0v) is 13.9. The van der Waals surface area contributed by atoms with Crippen LogP contribution in [-0.2, 0) is 4.74 Å². The Bertz CT molecular complexity index is 718. The molecule has 0 spiro atoms. The summed E-state index contributed by atoms with van der Waals surface area (Å²) in [5, 5.41) is 0.570. The largest absolute Gasteiger partial charge is 0.494 e. The zero-order chi connectivity index (χ0) is 16.1. The average molecular weight is 320 g/mol. The van der Waals surface area contributed by atoms with Gasteiger partial charge in [-0.15, -0.1) is 11.3 Å². The lowest BCUT2D eigenvalue weighted by Gasteiger charge is -2.09. The molecule has 0 saturated carbocycles. The van der Waals surface area contributed by atoms with E-state index in [9.17, 15) is 9.59 Å². The van der Waals surface area contributed by atoms with E-state index < -0.39 is 5.97 Å². The summed E-state index contributed by atoms with van der Waals surface area (Å²) < 4.78 is 11.4. The van der Waals surface area contributed by atoms with Crippen molar-refractivity contribution in [3.8, 4) is 5.75 Å². The summed E-state index contributed by atoms with van der Waals surface area (Å²) in [6.07, 6.45) is 0.965. The standard InChI is InChI=1S/C17H20O4S/c1-4-20-17(19)16-10-14(18)13-9-12(5-6-15(13)22-16)21-8-7-11(2)3/h5-6,9-11H,4,7-8H2,1-3H3. The second-order valence-corrected chi connectivity index (χ2v) is 6.47. The highest BCUT2D eigenvalue weighted by molar-refractivity contribution is 7.20. The first-order chi connectivity index (χ1) is 10.5. The Morgan fingerprint density at radius 3 is 2.73 bits per heavy atom. The monoisotopic (exact) mass is 320 g/mol. The van der Waals surface area contributed by atoms with Crippen LogP contribution in [-0.4, -0.2) is 19.2 Å². The molecular weight excluding hydrogens is 300 g/mol. The van der Waals surface area contributed by atoms with Crippen molar-refractivity contribution < 1.29 is 14.3 Å². The van der Waals surface area contributed by atoms with Crippen molar-refractivity contribution in [2.75, 3.05) is 13.2 Å². The van der Waals surface area contributed by atoms with E-state index in [2.05, 4.69) is 13.8 Å². The Hall–Kier alpha value is -1.88. The van der Waals surface area contributed by atoms with Crippen molar-refractivity contribution in [1.82, 2.24) is 0 Å². The number of carbonyl (C=O) groups excluding carboxylic acids is 1. The third kappa shape index (κ3) is 4.07. The van der Waals surface area contributed by atoms with Gasteiger partial charge >= 0.3 is 5.97 Å². The van der Waals surface area contributed by atoms with E-state index in [-0.39, 0.29) is 5.43 Å². The van der Waals surface area contributed by atoms with E-state index in [1.54, 1.807) is 13.0 Å². The molecule has 0 atom stereocenters. The summed E-state index contributed by atoms with van der Waals surface area (Å²) in [5.41, 5.74) is -0.189. The van der Waals surface area contributed by atoms with Crippen LogP contribution in [0.5, 0.6) is 5.75 Å². The van der Waals surface area contributed by atoms with Gasteiger partial charge in [-0.25, -0.2) is 4.79 Å². The lowest BCUT2D eigenvalue weighted by Crippen LogP contribution is -2.08. The van der Waals surface area contributed by atoms with Crippen molar-refractivity contribution >= 4 is 27.4 Å². The molecule has 5 heteroatoms. The quantitative estimate of drug-likeness (QED) is 0.758. The number of esters is 1. The van der Waals surface area contributed by atoms with Gasteiger partial charge in [0.25, 0.3) is 0 Å². The van der Waals surface area contributed by atoms with Gasteiger partial charge in [0.1, 0.15) is 10.6 Å². The molecule has 0 fully saturated rings. The summed E-state index contributed by atoms with van der Waals surface area (Å²) in [6, 6.07) is 6.72. The minimum atomic E-state index is -0.455. The summed E-state index contributed by atoms with van der Waals surface area (Å²) in [7, 11) is 0. The lowest BCUT2D eigenvalue weighted by atomic mass is 10.1. The molecule has 0 aliphatic carbocycles. The molecule has 0 amide bonds. The molecule has 2 aromatic rings. The Balaban J connectivity index is 2.27. The molecule has 0 aliphatic heterocycles. The zero-order valence-electron chi connectivity index (χ0n) is 13.0. The molecule has 22 heavy (non-hydrogen) atoms. The molecule has 0 radical (unpaired) electrons. The van der Waals surface area contributed by atoms with Crippen molar-refractivity contribution in [3.05, 3.63) is 39.4 Å². The molecule has 0 saturated heterocycles. The summed E-state index contributed by atoms with van der Waals surface area (Å²) in [6.45, 7) is 6.93. The molecule has 1 heterocycles. The normalized spacial score (nSPS) is 10.9. The molecule has 0 aliphatic rings. The van der Waals surface area contributed by atoms with E-state index in [0.717, 1.165) is 11.1 Å². The van der Waals surface area contributed by atoms with Crippen LogP contribution in [0.25, 0.3) is 10.1 Å². The van der Waals surface area contributed by atoms with Gasteiger partial charge in [0.2, 0.25) is 0 Å². The summed E-state index contributed by atoms with van der Waals surface area (Å²) in [5.74, 6) is 0.801. The fourth-order valence-electron chi connectivity index (χ4n) is 1.94. The first kappa shape index (κ1) is 16.5. The predicted octanol–water partition coefficient (Wildman–Crippen LogP) is 3.86. The number of hydrogen-bond donors (Lipinski definition) is 0. The molecule has 1 aromatic carbocycles.